The fourth-order valence-electron chi connectivity index (χ4n) is 1.75. The molecule has 0 saturated heterocycles. The Hall–Kier alpha value is -1.79. The third kappa shape index (κ3) is 4.11. The largest absolute Gasteiger partial charge is 0.322 e. The minimum absolute atomic E-state index is 0.0130. The maximum Gasteiger partial charge on any atom is 0.238 e. The molecular weight excluding hydrogens is 282 g/mol. The van der Waals surface area contributed by atoms with Crippen molar-refractivity contribution in [2.45, 2.75) is 6.54 Å². The Morgan fingerprint density at radius 1 is 1.35 bits per heavy atom. The molecule has 0 aliphatic rings. The van der Waals surface area contributed by atoms with Crippen molar-refractivity contribution >= 4 is 22.9 Å². The first-order chi connectivity index (χ1) is 9.54. The van der Waals surface area contributed by atoms with Crippen LogP contribution in [0.25, 0.3) is 0 Å². The molecule has 1 amide bonds. The molecule has 3 nitrogen and oxygen atoms in total. The van der Waals surface area contributed by atoms with E-state index in [-0.39, 0.29) is 18.1 Å². The van der Waals surface area contributed by atoms with Gasteiger partial charge in [-0.3, -0.25) is 9.69 Å². The number of thiophene rings is 1. The Labute approximate surface area is 119 Å². The van der Waals surface area contributed by atoms with Gasteiger partial charge in [-0.25, -0.2) is 8.78 Å². The molecule has 6 heteroatoms. The fraction of sp³-hybridized carbons (Fsp3) is 0.214. The van der Waals surface area contributed by atoms with E-state index in [4.69, 9.17) is 0 Å². The first-order valence-corrected chi connectivity index (χ1v) is 6.88. The number of hydrogen-bond acceptors (Lipinski definition) is 3. The molecule has 106 valence electrons. The Kier molecular flexibility index (Phi) is 4.81. The number of carbonyl (C=O) groups is 1. The third-order valence-electron chi connectivity index (χ3n) is 2.62. The Morgan fingerprint density at radius 3 is 2.80 bits per heavy atom. The van der Waals surface area contributed by atoms with Gasteiger partial charge in [0.05, 0.1) is 12.2 Å². The van der Waals surface area contributed by atoms with Crippen molar-refractivity contribution in [1.29, 1.82) is 0 Å². The van der Waals surface area contributed by atoms with Gasteiger partial charge in [0.25, 0.3) is 0 Å². The smallest absolute Gasteiger partial charge is 0.238 e. The van der Waals surface area contributed by atoms with Crippen LogP contribution in [-0.4, -0.2) is 24.4 Å². The normalized spacial score (nSPS) is 10.8. The van der Waals surface area contributed by atoms with Crippen molar-refractivity contribution in [2.24, 2.45) is 0 Å². The van der Waals surface area contributed by atoms with Gasteiger partial charge in [-0.1, -0.05) is 6.07 Å². The summed E-state index contributed by atoms with van der Waals surface area (Å²) in [6, 6.07) is 6.99. The lowest BCUT2D eigenvalue weighted by atomic mass is 10.3. The lowest BCUT2D eigenvalue weighted by molar-refractivity contribution is -0.117. The van der Waals surface area contributed by atoms with Crippen LogP contribution in [0.5, 0.6) is 0 Å². The zero-order valence-electron chi connectivity index (χ0n) is 10.9. The Bertz CT molecular complexity index is 587. The standard InChI is InChI=1S/C14H14F2N2OS/c1-18(8-11-3-2-6-20-11)9-14(19)17-13-5-4-10(15)7-12(13)16/h2-7H,8-9H2,1H3,(H,17,19). The molecule has 0 saturated carbocycles. The number of hydrogen-bond donors (Lipinski definition) is 1. The number of benzene rings is 1. The summed E-state index contributed by atoms with van der Waals surface area (Å²) in [7, 11) is 1.81. The molecule has 20 heavy (non-hydrogen) atoms. The number of carbonyl (C=O) groups excluding carboxylic acids is 1. The number of nitrogens with zero attached hydrogens (tertiary/aromatic N) is 1. The molecule has 1 aromatic carbocycles. The van der Waals surface area contributed by atoms with Gasteiger partial charge >= 0.3 is 0 Å². The molecule has 0 radical (unpaired) electrons. The quantitative estimate of drug-likeness (QED) is 0.919. The zero-order chi connectivity index (χ0) is 14.5. The molecule has 2 aromatic rings. The average Bonchev–Trinajstić information content (AvgIpc) is 2.85. The van der Waals surface area contributed by atoms with E-state index in [0.29, 0.717) is 6.54 Å². The van der Waals surface area contributed by atoms with Gasteiger partial charge in [-0.15, -0.1) is 11.3 Å². The SMILES string of the molecule is CN(CC(=O)Nc1ccc(F)cc1F)Cc1cccs1. The number of amides is 1. The van der Waals surface area contributed by atoms with E-state index in [1.165, 1.54) is 6.07 Å². The molecule has 0 spiro atoms. The molecule has 1 aromatic heterocycles. The van der Waals surface area contributed by atoms with Crippen LogP contribution in [-0.2, 0) is 11.3 Å². The van der Waals surface area contributed by atoms with Crippen LogP contribution < -0.4 is 5.32 Å². The minimum atomic E-state index is -0.778. The average molecular weight is 296 g/mol. The fourth-order valence-corrected chi connectivity index (χ4v) is 2.53. The summed E-state index contributed by atoms with van der Waals surface area (Å²) in [5.41, 5.74) is -0.0130. The summed E-state index contributed by atoms with van der Waals surface area (Å²) in [5.74, 6) is -1.79. The lowest BCUT2D eigenvalue weighted by Gasteiger charge is -2.15. The van der Waals surface area contributed by atoms with E-state index in [1.807, 2.05) is 22.4 Å². The number of halogens is 2. The van der Waals surface area contributed by atoms with Crippen LogP contribution >= 0.6 is 11.3 Å². The predicted octanol–water partition coefficient (Wildman–Crippen LogP) is 3.10. The second-order valence-corrected chi connectivity index (χ2v) is 5.46. The molecule has 0 aliphatic heterocycles. The van der Waals surface area contributed by atoms with E-state index in [2.05, 4.69) is 5.32 Å². The number of rotatable bonds is 5. The highest BCUT2D eigenvalue weighted by Gasteiger charge is 2.11. The van der Waals surface area contributed by atoms with Crippen LogP contribution in [0.4, 0.5) is 14.5 Å². The van der Waals surface area contributed by atoms with E-state index >= 15 is 0 Å². The van der Waals surface area contributed by atoms with Crippen LogP contribution in [0.2, 0.25) is 0 Å². The third-order valence-corrected chi connectivity index (χ3v) is 3.49. The van der Waals surface area contributed by atoms with Crippen LogP contribution in [0, 0.1) is 11.6 Å². The van der Waals surface area contributed by atoms with Gasteiger partial charge in [0, 0.05) is 17.5 Å². The Balaban J connectivity index is 1.88. The van der Waals surface area contributed by atoms with Crippen molar-refractivity contribution in [2.75, 3.05) is 18.9 Å². The van der Waals surface area contributed by atoms with Gasteiger partial charge in [0.1, 0.15) is 11.6 Å². The van der Waals surface area contributed by atoms with Crippen molar-refractivity contribution in [1.82, 2.24) is 4.90 Å². The zero-order valence-corrected chi connectivity index (χ0v) is 11.7. The Morgan fingerprint density at radius 2 is 2.15 bits per heavy atom. The van der Waals surface area contributed by atoms with Crippen molar-refractivity contribution in [3.05, 3.63) is 52.2 Å². The van der Waals surface area contributed by atoms with Crippen molar-refractivity contribution < 1.29 is 13.6 Å². The molecule has 0 unspecified atom stereocenters. The minimum Gasteiger partial charge on any atom is -0.322 e. The maximum absolute atomic E-state index is 13.4. The van der Waals surface area contributed by atoms with Crippen LogP contribution in [0.3, 0.4) is 0 Å². The second-order valence-electron chi connectivity index (χ2n) is 4.42. The molecular formula is C14H14F2N2OS. The molecule has 2 rings (SSSR count). The summed E-state index contributed by atoms with van der Waals surface area (Å²) in [4.78, 5) is 14.7. The first kappa shape index (κ1) is 14.6. The number of anilines is 1. The van der Waals surface area contributed by atoms with Gasteiger partial charge in [0.2, 0.25) is 5.91 Å². The molecule has 1 N–H and O–H groups in total. The molecule has 0 aliphatic carbocycles. The molecule has 0 bridgehead atoms. The van der Waals surface area contributed by atoms with Gasteiger partial charge in [-0.05, 0) is 30.6 Å². The monoisotopic (exact) mass is 296 g/mol. The van der Waals surface area contributed by atoms with E-state index in [0.717, 1.165) is 17.0 Å². The van der Waals surface area contributed by atoms with E-state index in [9.17, 15) is 13.6 Å². The maximum atomic E-state index is 13.4. The molecule has 1 heterocycles. The summed E-state index contributed by atoms with van der Waals surface area (Å²) >= 11 is 1.61. The molecule has 0 fully saturated rings. The highest BCUT2D eigenvalue weighted by Crippen LogP contribution is 2.15. The summed E-state index contributed by atoms with van der Waals surface area (Å²) in [6.07, 6.45) is 0. The van der Waals surface area contributed by atoms with Gasteiger partial charge < -0.3 is 5.32 Å². The number of likely N-dealkylation sites (N-methyl/N-ethyl adjacent to an activating group) is 1. The molecule has 0 atom stereocenters. The highest BCUT2D eigenvalue weighted by molar-refractivity contribution is 7.09. The van der Waals surface area contributed by atoms with Crippen molar-refractivity contribution in [3.63, 3.8) is 0 Å². The van der Waals surface area contributed by atoms with Gasteiger partial charge in [0.15, 0.2) is 0 Å². The summed E-state index contributed by atoms with van der Waals surface area (Å²) in [5, 5.41) is 4.40. The highest BCUT2D eigenvalue weighted by atomic mass is 32.1. The van der Waals surface area contributed by atoms with Crippen LogP contribution in [0.1, 0.15) is 4.88 Å². The summed E-state index contributed by atoms with van der Waals surface area (Å²) < 4.78 is 26.1. The summed E-state index contributed by atoms with van der Waals surface area (Å²) in [6.45, 7) is 0.783. The van der Waals surface area contributed by atoms with Crippen molar-refractivity contribution in [3.8, 4) is 0 Å². The van der Waals surface area contributed by atoms with E-state index in [1.54, 1.807) is 18.4 Å². The predicted molar refractivity (Wildman–Crippen MR) is 75.6 cm³/mol. The van der Waals surface area contributed by atoms with Crippen LogP contribution in [0.15, 0.2) is 35.7 Å². The topological polar surface area (TPSA) is 32.3 Å². The second kappa shape index (κ2) is 6.58. The van der Waals surface area contributed by atoms with E-state index < -0.39 is 11.6 Å². The number of nitrogens with one attached hydrogen (secondary N) is 1. The lowest BCUT2D eigenvalue weighted by Crippen LogP contribution is -2.29. The van der Waals surface area contributed by atoms with Gasteiger partial charge in [-0.2, -0.15) is 0 Å². The first-order valence-electron chi connectivity index (χ1n) is 6.00.